The van der Waals surface area contributed by atoms with Gasteiger partial charge in [0, 0.05) is 6.20 Å². The minimum Gasteiger partial charge on any atom is -0.308 e. The molecular formula is C14H16Cl2N6OS. The van der Waals surface area contributed by atoms with Crippen molar-refractivity contribution in [3.8, 4) is 0 Å². The van der Waals surface area contributed by atoms with Gasteiger partial charge in [-0.25, -0.2) is 9.67 Å². The van der Waals surface area contributed by atoms with E-state index in [0.717, 1.165) is 12.8 Å². The number of nitrogens with one attached hydrogen (secondary N) is 1. The highest BCUT2D eigenvalue weighted by atomic mass is 35.5. The second-order valence-corrected chi connectivity index (χ2v) is 7.73. The van der Waals surface area contributed by atoms with Crippen LogP contribution < -0.4 is 5.32 Å². The number of carbonyl (C=O) groups excluding carboxylic acids is 1. The lowest BCUT2D eigenvalue weighted by molar-refractivity contribution is -0.115. The molecule has 0 spiro atoms. The molecule has 0 radical (unpaired) electrons. The number of nitrogens with zero attached hydrogens (tertiary/aromatic N) is 5. The molecule has 1 unspecified atom stereocenters. The van der Waals surface area contributed by atoms with Gasteiger partial charge in [0.15, 0.2) is 5.82 Å². The van der Waals surface area contributed by atoms with Crippen molar-refractivity contribution in [1.29, 1.82) is 0 Å². The second kappa shape index (κ2) is 7.67. The van der Waals surface area contributed by atoms with Crippen molar-refractivity contribution in [3.63, 3.8) is 0 Å². The highest BCUT2D eigenvalue weighted by molar-refractivity contribution is 8.00. The third-order valence-electron chi connectivity index (χ3n) is 3.83. The maximum atomic E-state index is 12.4. The van der Waals surface area contributed by atoms with Gasteiger partial charge in [-0.2, -0.15) is 0 Å². The monoisotopic (exact) mass is 386 g/mol. The number of carbonyl (C=O) groups is 1. The quantitative estimate of drug-likeness (QED) is 0.789. The standard InChI is InChI=1S/C14H16Cl2N6OS/c1-8(13(23)18-12-11(16)6-9(15)7-17-12)24-14-19-20-21-22(14)10-4-2-3-5-10/h6-8,10H,2-5H2,1H3,(H,17,18,23). The molecule has 2 aromatic heterocycles. The summed E-state index contributed by atoms with van der Waals surface area (Å²) in [6.45, 7) is 1.79. The number of hydrogen-bond donors (Lipinski definition) is 1. The van der Waals surface area contributed by atoms with Crippen LogP contribution in [0.4, 0.5) is 5.82 Å². The molecule has 2 heterocycles. The molecular weight excluding hydrogens is 371 g/mol. The van der Waals surface area contributed by atoms with Crippen molar-refractivity contribution in [2.45, 2.75) is 49.1 Å². The van der Waals surface area contributed by atoms with E-state index in [-0.39, 0.29) is 11.7 Å². The lowest BCUT2D eigenvalue weighted by Gasteiger charge is -2.14. The molecule has 24 heavy (non-hydrogen) atoms. The number of thioether (sulfide) groups is 1. The molecule has 1 amide bonds. The third-order valence-corrected chi connectivity index (χ3v) is 5.38. The maximum absolute atomic E-state index is 12.4. The number of amides is 1. The molecule has 0 saturated heterocycles. The van der Waals surface area contributed by atoms with Crippen LogP contribution in [0.15, 0.2) is 17.4 Å². The normalized spacial score (nSPS) is 16.3. The summed E-state index contributed by atoms with van der Waals surface area (Å²) >= 11 is 13.1. The third kappa shape index (κ3) is 3.99. The van der Waals surface area contributed by atoms with Crippen LogP contribution in [0.1, 0.15) is 38.6 Å². The minimum absolute atomic E-state index is 0.224. The summed E-state index contributed by atoms with van der Waals surface area (Å²) in [5.74, 6) is 0.0617. The number of aromatic nitrogens is 5. The van der Waals surface area contributed by atoms with Gasteiger partial charge < -0.3 is 5.32 Å². The molecule has 1 N–H and O–H groups in total. The minimum atomic E-state index is -0.398. The summed E-state index contributed by atoms with van der Waals surface area (Å²) in [6.07, 6.45) is 5.95. The van der Waals surface area contributed by atoms with E-state index in [2.05, 4.69) is 25.8 Å². The van der Waals surface area contributed by atoms with Crippen molar-refractivity contribution in [2.75, 3.05) is 5.32 Å². The second-order valence-electron chi connectivity index (χ2n) is 5.58. The molecule has 1 fully saturated rings. The summed E-state index contributed by atoms with van der Waals surface area (Å²) in [6, 6.07) is 1.86. The lowest BCUT2D eigenvalue weighted by Crippen LogP contribution is -2.24. The predicted octanol–water partition coefficient (Wildman–Crippen LogP) is 3.61. The number of pyridine rings is 1. The highest BCUT2D eigenvalue weighted by Gasteiger charge is 2.25. The van der Waals surface area contributed by atoms with Crippen LogP contribution in [0.2, 0.25) is 10.0 Å². The molecule has 1 aliphatic rings. The summed E-state index contributed by atoms with van der Waals surface area (Å²) in [7, 11) is 0. The Morgan fingerprint density at radius 2 is 2.17 bits per heavy atom. The smallest absolute Gasteiger partial charge is 0.238 e. The molecule has 0 aliphatic heterocycles. The lowest BCUT2D eigenvalue weighted by atomic mass is 10.3. The first-order chi connectivity index (χ1) is 11.5. The van der Waals surface area contributed by atoms with Gasteiger partial charge in [-0.15, -0.1) is 5.10 Å². The first kappa shape index (κ1) is 17.4. The average molecular weight is 387 g/mol. The molecule has 10 heteroatoms. The van der Waals surface area contributed by atoms with Crippen LogP contribution in [0.25, 0.3) is 0 Å². The SMILES string of the molecule is CC(Sc1nnnn1C1CCCC1)C(=O)Nc1ncc(Cl)cc1Cl. The Bertz CT molecular complexity index is 734. The van der Waals surface area contributed by atoms with E-state index in [1.807, 2.05) is 4.68 Å². The van der Waals surface area contributed by atoms with E-state index in [0.29, 0.717) is 21.2 Å². The fourth-order valence-corrected chi connectivity index (χ4v) is 3.86. The number of halogens is 2. The Kier molecular flexibility index (Phi) is 5.57. The average Bonchev–Trinajstić information content (AvgIpc) is 3.20. The topological polar surface area (TPSA) is 85.6 Å². The van der Waals surface area contributed by atoms with Crippen molar-refractivity contribution < 1.29 is 4.79 Å². The summed E-state index contributed by atoms with van der Waals surface area (Å²) in [5, 5.41) is 15.5. The van der Waals surface area contributed by atoms with Crippen LogP contribution in [-0.2, 0) is 4.79 Å². The van der Waals surface area contributed by atoms with Crippen molar-refractivity contribution >= 4 is 46.7 Å². The summed E-state index contributed by atoms with van der Waals surface area (Å²) in [4.78, 5) is 16.4. The molecule has 7 nitrogen and oxygen atoms in total. The Morgan fingerprint density at radius 3 is 2.88 bits per heavy atom. The summed E-state index contributed by atoms with van der Waals surface area (Å²) in [5.41, 5.74) is 0. The van der Waals surface area contributed by atoms with E-state index >= 15 is 0 Å². The number of rotatable bonds is 5. The first-order valence-corrected chi connectivity index (χ1v) is 9.24. The molecule has 2 aromatic rings. The fraction of sp³-hybridized carbons (Fsp3) is 0.500. The van der Waals surface area contributed by atoms with E-state index < -0.39 is 5.25 Å². The van der Waals surface area contributed by atoms with Gasteiger partial charge in [0.25, 0.3) is 0 Å². The zero-order valence-corrected chi connectivity index (χ0v) is 15.3. The Balaban J connectivity index is 1.65. The molecule has 0 bridgehead atoms. The number of anilines is 1. The van der Waals surface area contributed by atoms with Gasteiger partial charge >= 0.3 is 0 Å². The van der Waals surface area contributed by atoms with Gasteiger partial charge in [-0.3, -0.25) is 4.79 Å². The van der Waals surface area contributed by atoms with Crippen molar-refractivity contribution in [3.05, 3.63) is 22.3 Å². The maximum Gasteiger partial charge on any atom is 0.238 e. The van der Waals surface area contributed by atoms with E-state index in [9.17, 15) is 4.79 Å². The molecule has 0 aromatic carbocycles. The van der Waals surface area contributed by atoms with Gasteiger partial charge in [0.2, 0.25) is 11.1 Å². The van der Waals surface area contributed by atoms with Gasteiger partial charge in [0.1, 0.15) is 0 Å². The highest BCUT2D eigenvalue weighted by Crippen LogP contribution is 2.32. The van der Waals surface area contributed by atoms with Crippen LogP contribution in [0, 0.1) is 0 Å². The molecule has 3 rings (SSSR count). The Morgan fingerprint density at radius 1 is 1.42 bits per heavy atom. The van der Waals surface area contributed by atoms with E-state index in [4.69, 9.17) is 23.2 Å². The Hall–Kier alpha value is -1.38. The zero-order chi connectivity index (χ0) is 17.1. The van der Waals surface area contributed by atoms with Gasteiger partial charge in [-0.05, 0) is 36.3 Å². The predicted molar refractivity (Wildman–Crippen MR) is 93.5 cm³/mol. The van der Waals surface area contributed by atoms with Crippen LogP contribution >= 0.6 is 35.0 Å². The van der Waals surface area contributed by atoms with E-state index in [1.165, 1.54) is 36.9 Å². The van der Waals surface area contributed by atoms with Crippen LogP contribution in [0.5, 0.6) is 0 Å². The van der Waals surface area contributed by atoms with Gasteiger partial charge in [0.05, 0.1) is 21.3 Å². The number of hydrogen-bond acceptors (Lipinski definition) is 6. The van der Waals surface area contributed by atoms with Crippen molar-refractivity contribution in [1.82, 2.24) is 25.2 Å². The fourth-order valence-electron chi connectivity index (χ4n) is 2.58. The van der Waals surface area contributed by atoms with Crippen LogP contribution in [0.3, 0.4) is 0 Å². The molecule has 1 atom stereocenters. The van der Waals surface area contributed by atoms with E-state index in [1.54, 1.807) is 6.92 Å². The summed E-state index contributed by atoms with van der Waals surface area (Å²) < 4.78 is 1.83. The Labute approximate surface area is 153 Å². The first-order valence-electron chi connectivity index (χ1n) is 7.61. The zero-order valence-electron chi connectivity index (χ0n) is 12.9. The molecule has 1 aliphatic carbocycles. The van der Waals surface area contributed by atoms with Crippen molar-refractivity contribution in [2.24, 2.45) is 0 Å². The molecule has 1 saturated carbocycles. The number of tetrazole rings is 1. The largest absolute Gasteiger partial charge is 0.308 e. The van der Waals surface area contributed by atoms with Gasteiger partial charge in [-0.1, -0.05) is 47.8 Å². The molecule has 128 valence electrons. The van der Waals surface area contributed by atoms with Crippen LogP contribution in [-0.4, -0.2) is 36.3 Å².